The largest absolute Gasteiger partial charge is 0.443 e. The van der Waals surface area contributed by atoms with Gasteiger partial charge in [0.25, 0.3) is 0 Å². The second-order valence-electron chi connectivity index (χ2n) is 6.62. The molecule has 2 N–H and O–H groups in total. The highest BCUT2D eigenvalue weighted by Crippen LogP contribution is 2.39. The minimum absolute atomic E-state index is 0.379. The lowest BCUT2D eigenvalue weighted by molar-refractivity contribution is 0.148. The van der Waals surface area contributed by atoms with Gasteiger partial charge in [-0.2, -0.15) is 0 Å². The van der Waals surface area contributed by atoms with Gasteiger partial charge in [-0.1, -0.05) is 30.6 Å². The molecule has 0 unspecified atom stereocenters. The van der Waals surface area contributed by atoms with Crippen molar-refractivity contribution in [1.82, 2.24) is 9.88 Å². The first kappa shape index (κ1) is 16.2. The van der Waals surface area contributed by atoms with Crippen LogP contribution in [0.2, 0.25) is 5.22 Å². The molecule has 1 aliphatic carbocycles. The van der Waals surface area contributed by atoms with Crippen LogP contribution < -0.4 is 10.6 Å². The highest BCUT2D eigenvalue weighted by Gasteiger charge is 2.28. The van der Waals surface area contributed by atoms with E-state index in [4.69, 9.17) is 21.8 Å². The van der Waals surface area contributed by atoms with E-state index in [9.17, 15) is 0 Å². The molecule has 0 radical (unpaired) electrons. The lowest BCUT2D eigenvalue weighted by Crippen LogP contribution is -2.50. The van der Waals surface area contributed by atoms with Crippen molar-refractivity contribution >= 4 is 33.1 Å². The van der Waals surface area contributed by atoms with Crippen LogP contribution >= 0.6 is 22.9 Å². The molecule has 0 spiro atoms. The Kier molecular flexibility index (Phi) is 4.70. The summed E-state index contributed by atoms with van der Waals surface area (Å²) in [6, 6.07) is 4.39. The topological polar surface area (TPSA) is 58.5 Å². The second-order valence-corrected chi connectivity index (χ2v) is 8.01. The van der Waals surface area contributed by atoms with Gasteiger partial charge in [0.2, 0.25) is 0 Å². The van der Waals surface area contributed by atoms with Crippen molar-refractivity contribution in [1.29, 1.82) is 0 Å². The van der Waals surface area contributed by atoms with Gasteiger partial charge in [0.15, 0.2) is 16.1 Å². The highest BCUT2D eigenvalue weighted by atomic mass is 35.5. The maximum absolute atomic E-state index is 5.97. The first-order valence-electron chi connectivity index (χ1n) is 8.72. The third-order valence-electron chi connectivity index (χ3n) is 5.12. The van der Waals surface area contributed by atoms with Crippen molar-refractivity contribution < 1.29 is 4.42 Å². The number of hydrogen-bond acceptors (Lipinski definition) is 6. The van der Waals surface area contributed by atoms with Gasteiger partial charge in [0, 0.05) is 32.2 Å². The van der Waals surface area contributed by atoms with Crippen molar-refractivity contribution in [3.63, 3.8) is 0 Å². The van der Waals surface area contributed by atoms with Crippen molar-refractivity contribution in [2.24, 2.45) is 0 Å². The van der Waals surface area contributed by atoms with Crippen LogP contribution in [0.15, 0.2) is 16.5 Å². The SMILES string of the molecule is Nc1nc(-c2ccc(Cl)o2)c(N2CCN(C3CCCCC3)CC2)s1. The summed E-state index contributed by atoms with van der Waals surface area (Å²) < 4.78 is 5.55. The summed E-state index contributed by atoms with van der Waals surface area (Å²) in [6.07, 6.45) is 6.91. The molecule has 1 aliphatic heterocycles. The molecule has 1 saturated heterocycles. The van der Waals surface area contributed by atoms with Crippen LogP contribution in [0, 0.1) is 0 Å². The van der Waals surface area contributed by atoms with Crippen LogP contribution in [0.25, 0.3) is 11.5 Å². The molecule has 1 saturated carbocycles. The van der Waals surface area contributed by atoms with Gasteiger partial charge in [-0.25, -0.2) is 4.98 Å². The van der Waals surface area contributed by atoms with E-state index in [1.807, 2.05) is 6.07 Å². The molecule has 24 heavy (non-hydrogen) atoms. The number of nitrogens with zero attached hydrogens (tertiary/aromatic N) is 3. The molecular formula is C17H23ClN4OS. The van der Waals surface area contributed by atoms with Gasteiger partial charge < -0.3 is 15.1 Å². The predicted molar refractivity (Wildman–Crippen MR) is 99.9 cm³/mol. The van der Waals surface area contributed by atoms with E-state index in [-0.39, 0.29) is 0 Å². The summed E-state index contributed by atoms with van der Waals surface area (Å²) in [5.41, 5.74) is 6.79. The summed E-state index contributed by atoms with van der Waals surface area (Å²) in [4.78, 5) is 9.53. The lowest BCUT2D eigenvalue weighted by atomic mass is 9.94. The maximum Gasteiger partial charge on any atom is 0.194 e. The molecule has 0 aromatic carbocycles. The first-order valence-corrected chi connectivity index (χ1v) is 9.91. The Hall–Kier alpha value is -1.24. The van der Waals surface area contributed by atoms with Crippen LogP contribution in [-0.2, 0) is 0 Å². The van der Waals surface area contributed by atoms with Crippen LogP contribution in [0.4, 0.5) is 10.1 Å². The summed E-state index contributed by atoms with van der Waals surface area (Å²) in [7, 11) is 0. The van der Waals surface area contributed by atoms with Gasteiger partial charge in [-0.05, 0) is 36.6 Å². The minimum atomic E-state index is 0.379. The van der Waals surface area contributed by atoms with Crippen LogP contribution in [-0.4, -0.2) is 42.1 Å². The molecule has 2 aromatic rings. The summed E-state index contributed by atoms with van der Waals surface area (Å²) in [6.45, 7) is 4.25. The average Bonchev–Trinajstić information content (AvgIpc) is 3.21. The Bertz CT molecular complexity index is 687. The van der Waals surface area contributed by atoms with E-state index in [1.165, 1.54) is 43.4 Å². The van der Waals surface area contributed by atoms with E-state index in [2.05, 4.69) is 14.8 Å². The third kappa shape index (κ3) is 3.27. The summed E-state index contributed by atoms with van der Waals surface area (Å²) in [5, 5.41) is 2.05. The fourth-order valence-corrected chi connectivity index (χ4v) is 4.92. The van der Waals surface area contributed by atoms with E-state index in [0.29, 0.717) is 16.1 Å². The number of thiazole rings is 1. The Morgan fingerprint density at radius 1 is 1.12 bits per heavy atom. The zero-order valence-corrected chi connectivity index (χ0v) is 15.3. The van der Waals surface area contributed by atoms with Crippen LogP contribution in [0.3, 0.4) is 0 Å². The summed E-state index contributed by atoms with van der Waals surface area (Å²) in [5.74, 6) is 0.692. The minimum Gasteiger partial charge on any atom is -0.443 e. The molecular weight excluding hydrogens is 344 g/mol. The van der Waals surface area contributed by atoms with Crippen molar-refractivity contribution in [3.05, 3.63) is 17.4 Å². The Labute approximate surface area is 151 Å². The quantitative estimate of drug-likeness (QED) is 0.886. The first-order chi connectivity index (χ1) is 11.7. The number of piperazine rings is 1. The van der Waals surface area contributed by atoms with Gasteiger partial charge in [0.05, 0.1) is 0 Å². The molecule has 0 amide bonds. The fourth-order valence-electron chi connectivity index (χ4n) is 3.88. The zero-order valence-electron chi connectivity index (χ0n) is 13.7. The van der Waals surface area contributed by atoms with Gasteiger partial charge in [-0.3, -0.25) is 4.90 Å². The number of furan rings is 1. The van der Waals surface area contributed by atoms with E-state index < -0.39 is 0 Å². The normalized spacial score (nSPS) is 20.6. The number of nitrogens with two attached hydrogens (primary N) is 1. The predicted octanol–water partition coefficient (Wildman–Crippen LogP) is 4.09. The summed E-state index contributed by atoms with van der Waals surface area (Å²) >= 11 is 7.45. The second kappa shape index (κ2) is 6.94. The standard InChI is InChI=1S/C17H23ClN4OS/c18-14-7-6-13(23-14)15-16(24-17(19)20-15)22-10-8-21(9-11-22)12-4-2-1-3-5-12/h6-7,12H,1-5,8-11H2,(H2,19,20). The fraction of sp³-hybridized carbons (Fsp3) is 0.588. The molecule has 0 atom stereocenters. The van der Waals surface area contributed by atoms with Crippen LogP contribution in [0.1, 0.15) is 32.1 Å². The monoisotopic (exact) mass is 366 g/mol. The van der Waals surface area contributed by atoms with Crippen molar-refractivity contribution in [2.45, 2.75) is 38.1 Å². The van der Waals surface area contributed by atoms with E-state index in [0.717, 1.165) is 42.9 Å². The zero-order chi connectivity index (χ0) is 16.5. The molecule has 2 fully saturated rings. The van der Waals surface area contributed by atoms with E-state index >= 15 is 0 Å². The molecule has 2 aliphatic rings. The molecule has 0 bridgehead atoms. The van der Waals surface area contributed by atoms with Gasteiger partial charge in [-0.15, -0.1) is 0 Å². The third-order valence-corrected chi connectivity index (χ3v) is 6.27. The number of halogens is 1. The number of anilines is 2. The molecule has 130 valence electrons. The van der Waals surface area contributed by atoms with Gasteiger partial charge >= 0.3 is 0 Å². The van der Waals surface area contributed by atoms with Gasteiger partial charge in [0.1, 0.15) is 10.7 Å². The smallest absolute Gasteiger partial charge is 0.194 e. The molecule has 7 heteroatoms. The molecule has 2 aromatic heterocycles. The average molecular weight is 367 g/mol. The van der Waals surface area contributed by atoms with Crippen LogP contribution in [0.5, 0.6) is 0 Å². The molecule has 3 heterocycles. The Balaban J connectivity index is 1.47. The molecule has 4 rings (SSSR count). The Morgan fingerprint density at radius 3 is 2.54 bits per heavy atom. The number of hydrogen-bond donors (Lipinski definition) is 1. The number of aromatic nitrogens is 1. The van der Waals surface area contributed by atoms with Crippen molar-refractivity contribution in [3.8, 4) is 11.5 Å². The number of nitrogen functional groups attached to an aromatic ring is 1. The molecule has 5 nitrogen and oxygen atoms in total. The van der Waals surface area contributed by atoms with Crippen molar-refractivity contribution in [2.75, 3.05) is 36.8 Å². The lowest BCUT2D eigenvalue weighted by Gasteiger charge is -2.41. The maximum atomic E-state index is 5.97. The number of rotatable bonds is 3. The van der Waals surface area contributed by atoms with E-state index in [1.54, 1.807) is 6.07 Å². The highest BCUT2D eigenvalue weighted by molar-refractivity contribution is 7.19. The Morgan fingerprint density at radius 2 is 1.88 bits per heavy atom.